The lowest BCUT2D eigenvalue weighted by molar-refractivity contribution is 0.598. The summed E-state index contributed by atoms with van der Waals surface area (Å²) in [5, 5.41) is 8.63. The second kappa shape index (κ2) is 6.91. The van der Waals surface area contributed by atoms with Crippen LogP contribution in [-0.2, 0) is 13.1 Å². The number of nitrogens with one attached hydrogen (secondary N) is 1. The number of halogens is 1. The van der Waals surface area contributed by atoms with Crippen LogP contribution in [0.1, 0.15) is 31.5 Å². The molecule has 0 unspecified atom stereocenters. The average molecular weight is 292 g/mol. The Morgan fingerprint density at radius 3 is 2.70 bits per heavy atom. The van der Waals surface area contributed by atoms with Gasteiger partial charge in [-0.25, -0.2) is 0 Å². The molecule has 0 fully saturated rings. The van der Waals surface area contributed by atoms with Crippen molar-refractivity contribution < 1.29 is 0 Å². The predicted octanol–water partition coefficient (Wildman–Crippen LogP) is 4.03. The summed E-state index contributed by atoms with van der Waals surface area (Å²) < 4.78 is 1.99. The van der Waals surface area contributed by atoms with Crippen molar-refractivity contribution >= 4 is 11.6 Å². The predicted molar refractivity (Wildman–Crippen MR) is 85.1 cm³/mol. The average Bonchev–Trinajstić information content (AvgIpc) is 2.78. The molecule has 1 aromatic heterocycles. The normalized spacial score (nSPS) is 11.0. The van der Waals surface area contributed by atoms with Crippen molar-refractivity contribution in [2.45, 2.75) is 40.3 Å². The van der Waals surface area contributed by atoms with Crippen molar-refractivity contribution in [1.82, 2.24) is 15.1 Å². The molecular weight excluding hydrogens is 270 g/mol. The van der Waals surface area contributed by atoms with Crippen molar-refractivity contribution in [1.29, 1.82) is 0 Å². The monoisotopic (exact) mass is 291 g/mol. The number of rotatable bonds is 6. The summed E-state index contributed by atoms with van der Waals surface area (Å²) in [5.41, 5.74) is 4.42. The molecule has 0 aliphatic heterocycles. The molecule has 1 N–H and O–H groups in total. The molecule has 0 atom stereocenters. The van der Waals surface area contributed by atoms with E-state index < -0.39 is 0 Å². The maximum Gasteiger partial charge on any atom is 0.0672 e. The van der Waals surface area contributed by atoms with Gasteiger partial charge in [0.1, 0.15) is 0 Å². The fourth-order valence-electron chi connectivity index (χ4n) is 2.28. The minimum Gasteiger partial charge on any atom is -0.313 e. The lowest BCUT2D eigenvalue weighted by Crippen LogP contribution is -2.11. The van der Waals surface area contributed by atoms with Gasteiger partial charge in [0.15, 0.2) is 0 Å². The van der Waals surface area contributed by atoms with E-state index >= 15 is 0 Å². The Balaban J connectivity index is 2.28. The van der Waals surface area contributed by atoms with Gasteiger partial charge in [0.05, 0.1) is 5.69 Å². The topological polar surface area (TPSA) is 29.9 Å². The molecule has 3 nitrogen and oxygen atoms in total. The fraction of sp³-hybridized carbons (Fsp3) is 0.438. The third kappa shape index (κ3) is 3.41. The highest BCUT2D eigenvalue weighted by atomic mass is 35.5. The van der Waals surface area contributed by atoms with Crippen LogP contribution in [0.25, 0.3) is 11.1 Å². The van der Waals surface area contributed by atoms with Gasteiger partial charge in [0.2, 0.25) is 0 Å². The molecule has 0 aliphatic rings. The van der Waals surface area contributed by atoms with Crippen LogP contribution in [-0.4, -0.2) is 16.3 Å². The van der Waals surface area contributed by atoms with Crippen LogP contribution in [0.4, 0.5) is 0 Å². The lowest BCUT2D eigenvalue weighted by atomic mass is 10.0. The standard InChI is InChI=1S/C16H22ClN3/c1-4-8-20-11-15(12(3)19-20)14-7-6-13(9-16(14)17)10-18-5-2/h6-7,9,11,18H,4-5,8,10H2,1-3H3. The maximum absolute atomic E-state index is 6.44. The van der Waals surface area contributed by atoms with E-state index in [-0.39, 0.29) is 0 Å². The summed E-state index contributed by atoms with van der Waals surface area (Å²) in [6.07, 6.45) is 3.17. The van der Waals surface area contributed by atoms with Crippen LogP contribution < -0.4 is 5.32 Å². The number of nitrogens with zero attached hydrogens (tertiary/aromatic N) is 2. The van der Waals surface area contributed by atoms with Crippen molar-refractivity contribution in [2.75, 3.05) is 6.54 Å². The summed E-state index contributed by atoms with van der Waals surface area (Å²) in [6.45, 7) is 9.04. The smallest absolute Gasteiger partial charge is 0.0672 e. The van der Waals surface area contributed by atoms with Crippen molar-refractivity contribution in [3.05, 3.63) is 40.7 Å². The first-order valence-electron chi connectivity index (χ1n) is 7.19. The fourth-order valence-corrected chi connectivity index (χ4v) is 2.59. The summed E-state index contributed by atoms with van der Waals surface area (Å²) in [7, 11) is 0. The zero-order valence-electron chi connectivity index (χ0n) is 12.4. The zero-order chi connectivity index (χ0) is 14.5. The Bertz CT molecular complexity index is 575. The zero-order valence-corrected chi connectivity index (χ0v) is 13.2. The number of aryl methyl sites for hydroxylation is 2. The highest BCUT2D eigenvalue weighted by molar-refractivity contribution is 6.33. The van der Waals surface area contributed by atoms with Gasteiger partial charge in [-0.1, -0.05) is 37.6 Å². The molecule has 20 heavy (non-hydrogen) atoms. The molecule has 4 heteroatoms. The molecule has 1 aromatic carbocycles. The maximum atomic E-state index is 6.44. The van der Waals surface area contributed by atoms with Gasteiger partial charge >= 0.3 is 0 Å². The van der Waals surface area contributed by atoms with Crippen LogP contribution >= 0.6 is 11.6 Å². The Hall–Kier alpha value is -1.32. The number of aromatic nitrogens is 2. The van der Waals surface area contributed by atoms with E-state index in [1.807, 2.05) is 17.7 Å². The third-order valence-corrected chi connectivity index (χ3v) is 3.61. The van der Waals surface area contributed by atoms with E-state index in [1.165, 1.54) is 5.56 Å². The third-order valence-electron chi connectivity index (χ3n) is 3.30. The first-order chi connectivity index (χ1) is 9.65. The first-order valence-corrected chi connectivity index (χ1v) is 7.57. The van der Waals surface area contributed by atoms with E-state index in [0.29, 0.717) is 0 Å². The van der Waals surface area contributed by atoms with Gasteiger partial charge in [-0.05, 0) is 31.5 Å². The van der Waals surface area contributed by atoms with Crippen LogP contribution in [0.15, 0.2) is 24.4 Å². The Morgan fingerprint density at radius 2 is 2.05 bits per heavy atom. The minimum atomic E-state index is 0.791. The molecule has 0 spiro atoms. The van der Waals surface area contributed by atoms with Crippen LogP contribution in [0, 0.1) is 6.92 Å². The SMILES string of the molecule is CCCn1cc(-c2ccc(CNCC)cc2Cl)c(C)n1. The highest BCUT2D eigenvalue weighted by Gasteiger charge is 2.11. The first kappa shape index (κ1) is 15.1. The van der Waals surface area contributed by atoms with Gasteiger partial charge in [-0.15, -0.1) is 0 Å². The minimum absolute atomic E-state index is 0.791. The molecule has 0 saturated carbocycles. The van der Waals surface area contributed by atoms with Gasteiger partial charge in [0.25, 0.3) is 0 Å². The molecule has 0 amide bonds. The van der Waals surface area contributed by atoms with Gasteiger partial charge < -0.3 is 5.32 Å². The molecule has 0 saturated heterocycles. The van der Waals surface area contributed by atoms with Gasteiger partial charge in [-0.2, -0.15) is 5.10 Å². The van der Waals surface area contributed by atoms with Crippen molar-refractivity contribution in [3.63, 3.8) is 0 Å². The molecule has 0 aliphatic carbocycles. The van der Waals surface area contributed by atoms with E-state index in [9.17, 15) is 0 Å². The molecule has 2 rings (SSSR count). The Kier molecular flexibility index (Phi) is 5.21. The molecule has 0 radical (unpaired) electrons. The van der Waals surface area contributed by atoms with Crippen molar-refractivity contribution in [2.24, 2.45) is 0 Å². The van der Waals surface area contributed by atoms with Gasteiger partial charge in [-0.3, -0.25) is 4.68 Å². The van der Waals surface area contributed by atoms with Gasteiger partial charge in [0, 0.05) is 35.4 Å². The van der Waals surface area contributed by atoms with E-state index in [4.69, 9.17) is 11.6 Å². The molecule has 1 heterocycles. The quantitative estimate of drug-likeness (QED) is 0.871. The summed E-state index contributed by atoms with van der Waals surface area (Å²) in [5.74, 6) is 0. The lowest BCUT2D eigenvalue weighted by Gasteiger charge is -2.07. The Labute approximate surface area is 126 Å². The second-order valence-electron chi connectivity index (χ2n) is 4.99. The van der Waals surface area contributed by atoms with Crippen LogP contribution in [0.2, 0.25) is 5.02 Å². The largest absolute Gasteiger partial charge is 0.313 e. The van der Waals surface area contributed by atoms with Crippen LogP contribution in [0.5, 0.6) is 0 Å². The highest BCUT2D eigenvalue weighted by Crippen LogP contribution is 2.30. The molecule has 108 valence electrons. The van der Waals surface area contributed by atoms with E-state index in [2.05, 4.69) is 42.6 Å². The summed E-state index contributed by atoms with van der Waals surface area (Å²) >= 11 is 6.44. The number of hydrogen-bond donors (Lipinski definition) is 1. The number of hydrogen-bond acceptors (Lipinski definition) is 2. The Morgan fingerprint density at radius 1 is 1.25 bits per heavy atom. The molecule has 0 bridgehead atoms. The van der Waals surface area contributed by atoms with E-state index in [0.717, 1.165) is 47.9 Å². The second-order valence-corrected chi connectivity index (χ2v) is 5.39. The van der Waals surface area contributed by atoms with Crippen LogP contribution in [0.3, 0.4) is 0 Å². The van der Waals surface area contributed by atoms with Crippen molar-refractivity contribution in [3.8, 4) is 11.1 Å². The molecule has 2 aromatic rings. The number of benzene rings is 1. The summed E-state index contributed by atoms with van der Waals surface area (Å²) in [4.78, 5) is 0. The summed E-state index contributed by atoms with van der Waals surface area (Å²) in [6, 6.07) is 6.26. The van der Waals surface area contributed by atoms with E-state index in [1.54, 1.807) is 0 Å². The molecular formula is C16H22ClN3.